The number of aryl methyl sites for hydroxylation is 1. The molecule has 1 heterocycles. The van der Waals surface area contributed by atoms with Gasteiger partial charge in [-0.2, -0.15) is 0 Å². The Morgan fingerprint density at radius 3 is 2.70 bits per heavy atom. The molecule has 140 valence electrons. The van der Waals surface area contributed by atoms with Crippen LogP contribution in [0.4, 0.5) is 5.69 Å². The molecule has 0 saturated carbocycles. The van der Waals surface area contributed by atoms with E-state index in [2.05, 4.69) is 4.98 Å². The third-order valence-corrected chi connectivity index (χ3v) is 4.84. The number of hydrogen-bond donors (Lipinski definition) is 0. The normalized spacial score (nSPS) is 11.2. The van der Waals surface area contributed by atoms with Crippen molar-refractivity contribution in [3.63, 3.8) is 0 Å². The van der Waals surface area contributed by atoms with E-state index < -0.39 is 0 Å². The van der Waals surface area contributed by atoms with Gasteiger partial charge in [-0.1, -0.05) is 12.1 Å². The van der Waals surface area contributed by atoms with Gasteiger partial charge in [0.15, 0.2) is 18.3 Å². The summed E-state index contributed by atoms with van der Waals surface area (Å²) in [6.45, 7) is 1.86. The molecule has 3 aromatic rings. The van der Waals surface area contributed by atoms with Gasteiger partial charge in [0.05, 0.1) is 22.2 Å². The highest BCUT2D eigenvalue weighted by molar-refractivity contribution is 7.19. The number of thiazole rings is 1. The molecular formula is C19H18N2O5S. The van der Waals surface area contributed by atoms with Crippen LogP contribution in [-0.2, 0) is 4.74 Å². The molecule has 0 unspecified atom stereocenters. The number of ether oxygens (including phenoxy) is 3. The Balaban J connectivity index is 1.86. The van der Waals surface area contributed by atoms with Gasteiger partial charge in [-0.15, -0.1) is 11.3 Å². The summed E-state index contributed by atoms with van der Waals surface area (Å²) in [4.78, 5) is 15.2. The number of fused-ring (bicyclic) bond motifs is 1. The summed E-state index contributed by atoms with van der Waals surface area (Å²) in [7, 11) is 3.13. The maximum absolute atomic E-state index is 11.1. The van der Waals surface area contributed by atoms with Gasteiger partial charge < -0.3 is 14.2 Å². The minimum absolute atomic E-state index is 0.109. The molecule has 0 aliphatic rings. The van der Waals surface area contributed by atoms with Crippen LogP contribution in [0.1, 0.15) is 16.1 Å². The van der Waals surface area contributed by atoms with E-state index >= 15 is 0 Å². The number of nitrogens with zero attached hydrogens (tertiary/aromatic N) is 2. The summed E-state index contributed by atoms with van der Waals surface area (Å²) in [6, 6.07) is 8.87. The lowest BCUT2D eigenvalue weighted by atomic mass is 10.2. The predicted octanol–water partition coefficient (Wildman–Crippen LogP) is 4.67. The SMILES string of the molecule is COCOc1ccc(C=Cc2nc3cc(C)c([N+](=O)[O-])cc3s2)cc1OC. The molecule has 0 fully saturated rings. The Hall–Kier alpha value is -2.97. The van der Waals surface area contributed by atoms with Crippen LogP contribution in [-0.4, -0.2) is 30.9 Å². The molecule has 0 amide bonds. The zero-order valence-electron chi connectivity index (χ0n) is 15.1. The maximum atomic E-state index is 11.1. The Morgan fingerprint density at radius 2 is 2.00 bits per heavy atom. The standard InChI is InChI=1S/C19H18N2O5S/c1-12-8-14-18(10-15(12)21(22)23)27-19(20-14)7-5-13-4-6-16(26-11-24-2)17(9-13)25-3/h4-10H,11H2,1-3H3. The van der Waals surface area contributed by atoms with Gasteiger partial charge in [0.25, 0.3) is 5.69 Å². The zero-order valence-corrected chi connectivity index (χ0v) is 15.9. The van der Waals surface area contributed by atoms with E-state index in [9.17, 15) is 10.1 Å². The molecule has 2 aromatic carbocycles. The van der Waals surface area contributed by atoms with Crippen molar-refractivity contribution in [1.29, 1.82) is 0 Å². The Kier molecular flexibility index (Phi) is 5.68. The van der Waals surface area contributed by atoms with E-state index in [4.69, 9.17) is 14.2 Å². The number of nitro groups is 1. The number of rotatable bonds is 7. The van der Waals surface area contributed by atoms with Crippen molar-refractivity contribution in [2.24, 2.45) is 0 Å². The van der Waals surface area contributed by atoms with Crippen molar-refractivity contribution >= 4 is 39.4 Å². The van der Waals surface area contributed by atoms with Gasteiger partial charge >= 0.3 is 0 Å². The molecule has 1 aromatic heterocycles. The van der Waals surface area contributed by atoms with E-state index in [1.54, 1.807) is 33.3 Å². The molecular weight excluding hydrogens is 368 g/mol. The van der Waals surface area contributed by atoms with Crippen LogP contribution in [0.3, 0.4) is 0 Å². The lowest BCUT2D eigenvalue weighted by Crippen LogP contribution is -2.00. The quantitative estimate of drug-likeness (QED) is 0.333. The molecule has 0 bridgehead atoms. The molecule has 0 aliphatic carbocycles. The Labute approximate surface area is 160 Å². The van der Waals surface area contributed by atoms with E-state index in [0.717, 1.165) is 20.8 Å². The monoisotopic (exact) mass is 386 g/mol. The summed E-state index contributed by atoms with van der Waals surface area (Å²) in [5, 5.41) is 11.8. The van der Waals surface area contributed by atoms with Crippen molar-refractivity contribution < 1.29 is 19.1 Å². The lowest BCUT2D eigenvalue weighted by Gasteiger charge is -2.10. The van der Waals surface area contributed by atoms with Crippen LogP contribution < -0.4 is 9.47 Å². The molecule has 3 rings (SSSR count). The van der Waals surface area contributed by atoms with Gasteiger partial charge in [-0.25, -0.2) is 4.98 Å². The highest BCUT2D eigenvalue weighted by Crippen LogP contribution is 2.31. The number of benzene rings is 2. The van der Waals surface area contributed by atoms with Crippen LogP contribution in [0, 0.1) is 17.0 Å². The van der Waals surface area contributed by atoms with Crippen LogP contribution >= 0.6 is 11.3 Å². The largest absolute Gasteiger partial charge is 0.493 e. The second-order valence-corrected chi connectivity index (χ2v) is 6.77. The predicted molar refractivity (Wildman–Crippen MR) is 105 cm³/mol. The molecule has 0 spiro atoms. The number of hydrogen-bond acceptors (Lipinski definition) is 7. The third-order valence-electron chi connectivity index (χ3n) is 3.86. The van der Waals surface area contributed by atoms with Crippen LogP contribution in [0.15, 0.2) is 30.3 Å². The molecule has 27 heavy (non-hydrogen) atoms. The lowest BCUT2D eigenvalue weighted by molar-refractivity contribution is -0.385. The topological polar surface area (TPSA) is 83.7 Å². The molecule has 8 heteroatoms. The van der Waals surface area contributed by atoms with Crippen molar-refractivity contribution in [2.75, 3.05) is 21.0 Å². The average Bonchev–Trinajstić information content (AvgIpc) is 3.05. The third kappa shape index (κ3) is 4.24. The molecule has 0 radical (unpaired) electrons. The van der Waals surface area contributed by atoms with Gasteiger partial charge in [-0.3, -0.25) is 10.1 Å². The van der Waals surface area contributed by atoms with Gasteiger partial charge in [0.1, 0.15) is 5.01 Å². The summed E-state index contributed by atoms with van der Waals surface area (Å²) >= 11 is 1.41. The second-order valence-electron chi connectivity index (χ2n) is 5.71. The fraction of sp³-hybridized carbons (Fsp3) is 0.211. The average molecular weight is 386 g/mol. The molecule has 7 nitrogen and oxygen atoms in total. The first kappa shape index (κ1) is 18.8. The highest BCUT2D eigenvalue weighted by atomic mass is 32.1. The van der Waals surface area contributed by atoms with Crippen molar-refractivity contribution in [2.45, 2.75) is 6.92 Å². The number of methoxy groups -OCH3 is 2. The van der Waals surface area contributed by atoms with E-state index in [1.165, 1.54) is 11.3 Å². The van der Waals surface area contributed by atoms with E-state index in [-0.39, 0.29) is 17.4 Å². The van der Waals surface area contributed by atoms with Gasteiger partial charge in [0.2, 0.25) is 0 Å². The van der Waals surface area contributed by atoms with Crippen molar-refractivity contribution in [3.05, 3.63) is 56.6 Å². The maximum Gasteiger partial charge on any atom is 0.273 e. The molecule has 0 saturated heterocycles. The smallest absolute Gasteiger partial charge is 0.273 e. The van der Waals surface area contributed by atoms with Crippen LogP contribution in [0.2, 0.25) is 0 Å². The van der Waals surface area contributed by atoms with Gasteiger partial charge in [-0.05, 0) is 36.8 Å². The van der Waals surface area contributed by atoms with Gasteiger partial charge in [0, 0.05) is 18.7 Å². The highest BCUT2D eigenvalue weighted by Gasteiger charge is 2.14. The molecule has 0 atom stereocenters. The first-order valence-electron chi connectivity index (χ1n) is 8.05. The second kappa shape index (κ2) is 8.15. The summed E-state index contributed by atoms with van der Waals surface area (Å²) in [5.41, 5.74) is 2.38. The summed E-state index contributed by atoms with van der Waals surface area (Å²) in [6.07, 6.45) is 3.78. The Morgan fingerprint density at radius 1 is 1.19 bits per heavy atom. The minimum Gasteiger partial charge on any atom is -0.493 e. The summed E-state index contributed by atoms with van der Waals surface area (Å²) < 4.78 is 16.5. The van der Waals surface area contributed by atoms with Crippen LogP contribution in [0.25, 0.3) is 22.4 Å². The first-order chi connectivity index (χ1) is 13.0. The number of aromatic nitrogens is 1. The van der Waals surface area contributed by atoms with Crippen molar-refractivity contribution in [1.82, 2.24) is 4.98 Å². The summed E-state index contributed by atoms with van der Waals surface area (Å²) in [5.74, 6) is 1.20. The minimum atomic E-state index is -0.372. The number of nitro benzene ring substituents is 1. The molecule has 0 aliphatic heterocycles. The zero-order chi connectivity index (χ0) is 19.4. The fourth-order valence-corrected chi connectivity index (χ4v) is 3.44. The van der Waals surface area contributed by atoms with E-state index in [1.807, 2.05) is 30.4 Å². The fourth-order valence-electron chi connectivity index (χ4n) is 2.55. The van der Waals surface area contributed by atoms with Crippen molar-refractivity contribution in [3.8, 4) is 11.5 Å². The Bertz CT molecular complexity index is 1010. The first-order valence-corrected chi connectivity index (χ1v) is 8.87. The molecule has 0 N–H and O–H groups in total. The van der Waals surface area contributed by atoms with E-state index in [0.29, 0.717) is 17.1 Å². The van der Waals surface area contributed by atoms with Crippen LogP contribution in [0.5, 0.6) is 11.5 Å².